The van der Waals surface area contributed by atoms with Crippen LogP contribution >= 0.6 is 11.6 Å². The van der Waals surface area contributed by atoms with Gasteiger partial charge in [0.25, 0.3) is 5.91 Å². The molecule has 2 N–H and O–H groups in total. The molecule has 0 radical (unpaired) electrons. The summed E-state index contributed by atoms with van der Waals surface area (Å²) >= 11 is 6.71. The summed E-state index contributed by atoms with van der Waals surface area (Å²) in [5.41, 5.74) is 0.951. The molecule has 2 saturated heterocycles. The van der Waals surface area contributed by atoms with Gasteiger partial charge in [-0.1, -0.05) is 109 Å². The van der Waals surface area contributed by atoms with Crippen LogP contribution in [-0.2, 0) is 28.7 Å². The Kier molecular flexibility index (Phi) is 9.58. The lowest BCUT2D eigenvalue weighted by Crippen LogP contribution is -2.56. The molecule has 4 aliphatic rings. The number of aryl methyl sites for hydroxylation is 1. The maximum Gasteiger partial charge on any atom is 0.313 e. The fourth-order valence-electron chi connectivity index (χ4n) is 8.18. The van der Waals surface area contributed by atoms with Crippen LogP contribution in [0.4, 0.5) is 5.69 Å². The summed E-state index contributed by atoms with van der Waals surface area (Å²) in [4.78, 5) is 60.6. The van der Waals surface area contributed by atoms with Crippen LogP contribution in [-0.4, -0.2) is 70.6 Å². The van der Waals surface area contributed by atoms with Crippen molar-refractivity contribution < 1.29 is 33.8 Å². The molecule has 0 unspecified atom stereocenters. The number of nitrogens with zero attached hydrogens (tertiary/aromatic N) is 2. The Hall–Kier alpha value is -4.77. The Morgan fingerprint density at radius 2 is 1.69 bits per heavy atom. The third-order valence-corrected chi connectivity index (χ3v) is 10.7. The molecule has 11 heteroatoms. The third-order valence-electron chi connectivity index (χ3n) is 10.4. The summed E-state index contributed by atoms with van der Waals surface area (Å²) in [6.45, 7) is 3.28. The molecular formula is C40H40ClN3O7. The number of anilines is 1. The van der Waals surface area contributed by atoms with Crippen LogP contribution in [0.1, 0.15) is 48.6 Å². The molecule has 3 amide bonds. The number of carbonyl (C=O) groups is 4. The van der Waals surface area contributed by atoms with Gasteiger partial charge in [-0.25, -0.2) is 0 Å². The molecule has 10 nitrogen and oxygen atoms in total. The van der Waals surface area contributed by atoms with Crippen molar-refractivity contribution in [3.05, 3.63) is 125 Å². The second-order valence-electron chi connectivity index (χ2n) is 13.5. The van der Waals surface area contributed by atoms with E-state index >= 15 is 9.59 Å². The molecule has 4 heterocycles. The highest BCUT2D eigenvalue weighted by molar-refractivity contribution is 6.34. The Bertz CT molecular complexity index is 1860. The predicted molar refractivity (Wildman–Crippen MR) is 190 cm³/mol. The highest BCUT2D eigenvalue weighted by Crippen LogP contribution is 2.55. The van der Waals surface area contributed by atoms with Crippen LogP contribution in [0.5, 0.6) is 0 Å². The minimum Gasteiger partial charge on any atom is -0.455 e. The average Bonchev–Trinajstić information content (AvgIpc) is 3.51. The maximum absolute atomic E-state index is 15.1. The lowest BCUT2D eigenvalue weighted by Gasteiger charge is -2.39. The first-order valence-corrected chi connectivity index (χ1v) is 17.7. The molecule has 51 heavy (non-hydrogen) atoms. The minimum atomic E-state index is -1.61. The lowest BCUT2D eigenvalue weighted by molar-refractivity contribution is -0.161. The summed E-state index contributed by atoms with van der Waals surface area (Å²) in [7, 11) is 0. The van der Waals surface area contributed by atoms with E-state index in [1.165, 1.54) is 4.90 Å². The fourth-order valence-corrected chi connectivity index (χ4v) is 8.50. The van der Waals surface area contributed by atoms with Crippen molar-refractivity contribution in [1.29, 1.82) is 0 Å². The normalized spacial score (nSPS) is 30.6. The molecule has 0 aliphatic carbocycles. The van der Waals surface area contributed by atoms with Gasteiger partial charge in [0.05, 0.1) is 41.4 Å². The Labute approximate surface area is 301 Å². The number of ether oxygens (including phenoxy) is 2. The van der Waals surface area contributed by atoms with E-state index in [2.05, 4.69) is 5.32 Å². The zero-order valence-corrected chi connectivity index (χ0v) is 29.1. The molecule has 1 spiro atoms. The second kappa shape index (κ2) is 14.1. The van der Waals surface area contributed by atoms with E-state index in [-0.39, 0.29) is 18.9 Å². The first kappa shape index (κ1) is 34.7. The van der Waals surface area contributed by atoms with Gasteiger partial charge in [0, 0.05) is 13.0 Å². The van der Waals surface area contributed by atoms with Crippen molar-refractivity contribution in [2.24, 2.45) is 11.8 Å². The average molecular weight is 710 g/mol. The van der Waals surface area contributed by atoms with Crippen LogP contribution in [0.15, 0.2) is 103 Å². The molecule has 7 rings (SSSR count). The van der Waals surface area contributed by atoms with E-state index in [4.69, 9.17) is 21.1 Å². The van der Waals surface area contributed by atoms with Crippen molar-refractivity contribution in [2.75, 3.05) is 18.1 Å². The molecule has 264 valence electrons. The number of nitrogens with one attached hydrogen (secondary N) is 1. The quantitative estimate of drug-likeness (QED) is 0.282. The number of carbonyl (C=O) groups excluding carboxylic acids is 4. The van der Waals surface area contributed by atoms with Gasteiger partial charge in [-0.15, -0.1) is 0 Å². The predicted octanol–water partition coefficient (Wildman–Crippen LogP) is 5.00. The summed E-state index contributed by atoms with van der Waals surface area (Å²) < 4.78 is 13.2. The number of rotatable bonds is 5. The standard InChI is InChI=1S/C40H40ClN3O7/c1-24-13-11-18-28(41)34(24)43-22-12-21-40-33(37(47)44(36(40)38(43)48)29(23-45)26-14-5-3-6-15-26)32-30(51-40)19-9-10-20-31(46)42-25(2)35(50-39(32)49)27-16-7-4-8-17-27/h3-9,11-19,21,25,29-30,32-33,35-36,45H,10,20,22-23H2,1-2H3,(H,42,46)/b19-9-/t25-,29+,30-,32+,33+,35+,36-,40+/m0/s1. The molecule has 4 aliphatic heterocycles. The lowest BCUT2D eigenvalue weighted by atomic mass is 9.77. The number of benzene rings is 3. The SMILES string of the molecule is Cc1cccc(Cl)c1N1CC=C[C@@]23O[C@H]4/C=C\CCC(=O)N[C@@H](C)[C@H](c5ccccc5)OC(=O)[C@H]4[C@@H]2C(=O)N([C@H](CO)c2ccccc2)[C@H]3C1=O. The Morgan fingerprint density at radius 1 is 0.961 bits per heavy atom. The topological polar surface area (TPSA) is 125 Å². The molecule has 2 fully saturated rings. The first-order chi connectivity index (χ1) is 24.7. The number of likely N-dealkylation sites (tertiary alicyclic amines) is 1. The van der Waals surface area contributed by atoms with Crippen molar-refractivity contribution in [1.82, 2.24) is 10.2 Å². The monoisotopic (exact) mass is 709 g/mol. The van der Waals surface area contributed by atoms with Gasteiger partial charge in [0.15, 0.2) is 0 Å². The van der Waals surface area contributed by atoms with Crippen molar-refractivity contribution >= 4 is 41.0 Å². The van der Waals surface area contributed by atoms with Gasteiger partial charge < -0.3 is 29.7 Å². The van der Waals surface area contributed by atoms with Gasteiger partial charge in [-0.2, -0.15) is 0 Å². The zero-order chi connectivity index (χ0) is 35.9. The van der Waals surface area contributed by atoms with E-state index in [1.54, 1.807) is 72.5 Å². The molecule has 0 saturated carbocycles. The largest absolute Gasteiger partial charge is 0.455 e. The van der Waals surface area contributed by atoms with E-state index in [1.807, 2.05) is 49.4 Å². The third kappa shape index (κ3) is 6.05. The summed E-state index contributed by atoms with van der Waals surface area (Å²) in [5.74, 6) is -4.20. The Balaban J connectivity index is 1.38. The first-order valence-electron chi connectivity index (χ1n) is 17.3. The molecule has 3 aromatic carbocycles. The van der Waals surface area contributed by atoms with E-state index < -0.39 is 72.2 Å². The van der Waals surface area contributed by atoms with Crippen LogP contribution in [0.3, 0.4) is 0 Å². The molecule has 0 bridgehead atoms. The van der Waals surface area contributed by atoms with Crippen molar-refractivity contribution in [2.45, 2.75) is 62.6 Å². The second-order valence-corrected chi connectivity index (χ2v) is 14.0. The number of amides is 3. The maximum atomic E-state index is 15.1. The molecule has 8 atom stereocenters. The highest BCUT2D eigenvalue weighted by Gasteiger charge is 2.73. The van der Waals surface area contributed by atoms with Gasteiger partial charge in [-0.3, -0.25) is 19.2 Å². The number of fused-ring (bicyclic) bond motifs is 2. The number of allylic oxidation sites excluding steroid dienone is 1. The van der Waals surface area contributed by atoms with E-state index in [9.17, 15) is 14.7 Å². The van der Waals surface area contributed by atoms with Crippen LogP contribution < -0.4 is 10.2 Å². The highest BCUT2D eigenvalue weighted by atomic mass is 35.5. The molecular weight excluding hydrogens is 670 g/mol. The molecule has 3 aromatic rings. The number of cyclic esters (lactones) is 1. The fraction of sp³-hybridized carbons (Fsp3) is 0.350. The summed E-state index contributed by atoms with van der Waals surface area (Å²) in [6, 6.07) is 20.7. The Morgan fingerprint density at radius 3 is 2.39 bits per heavy atom. The minimum absolute atomic E-state index is 0.131. The van der Waals surface area contributed by atoms with E-state index in [0.29, 0.717) is 28.3 Å². The van der Waals surface area contributed by atoms with Crippen molar-refractivity contribution in [3.8, 4) is 0 Å². The number of halogens is 1. The number of aliphatic hydroxyl groups excluding tert-OH is 1. The van der Waals surface area contributed by atoms with Gasteiger partial charge in [0.2, 0.25) is 11.8 Å². The van der Waals surface area contributed by atoms with E-state index in [0.717, 1.165) is 5.56 Å². The zero-order valence-electron chi connectivity index (χ0n) is 28.4. The number of esters is 1. The van der Waals surface area contributed by atoms with Gasteiger partial charge >= 0.3 is 5.97 Å². The summed E-state index contributed by atoms with van der Waals surface area (Å²) in [6.07, 6.45) is 5.71. The van der Waals surface area contributed by atoms with Crippen LogP contribution in [0, 0.1) is 18.8 Å². The number of aliphatic hydroxyl groups is 1. The van der Waals surface area contributed by atoms with Crippen molar-refractivity contribution in [3.63, 3.8) is 0 Å². The van der Waals surface area contributed by atoms with Crippen LogP contribution in [0.25, 0.3) is 0 Å². The number of hydrogen-bond acceptors (Lipinski definition) is 7. The van der Waals surface area contributed by atoms with Gasteiger partial charge in [-0.05, 0) is 43.0 Å². The smallest absolute Gasteiger partial charge is 0.313 e. The molecule has 0 aromatic heterocycles. The number of para-hydroxylation sites is 1. The van der Waals surface area contributed by atoms with Crippen LogP contribution in [0.2, 0.25) is 5.02 Å². The number of hydrogen-bond donors (Lipinski definition) is 2. The summed E-state index contributed by atoms with van der Waals surface area (Å²) in [5, 5.41) is 14.2. The van der Waals surface area contributed by atoms with Gasteiger partial charge in [0.1, 0.15) is 23.7 Å².